The van der Waals surface area contributed by atoms with Crippen molar-refractivity contribution in [2.45, 2.75) is 31.7 Å². The van der Waals surface area contributed by atoms with Crippen LogP contribution < -0.4 is 0 Å². The first-order valence-corrected chi connectivity index (χ1v) is 7.15. The van der Waals surface area contributed by atoms with E-state index in [9.17, 15) is 9.59 Å². The lowest BCUT2D eigenvalue weighted by atomic mass is 10.2. The summed E-state index contributed by atoms with van der Waals surface area (Å²) in [7, 11) is 0. The molecule has 1 aliphatic rings. The Hall–Kier alpha value is -2.30. The molecular weight excluding hydrogens is 270 g/mol. The molecule has 0 bridgehead atoms. The molecule has 1 amide bonds. The maximum absolute atomic E-state index is 12.2. The van der Waals surface area contributed by atoms with Gasteiger partial charge >= 0.3 is 5.97 Å². The topological polar surface area (TPSA) is 70.8 Å². The van der Waals surface area contributed by atoms with E-state index in [0.717, 1.165) is 23.2 Å². The minimum absolute atomic E-state index is 0.111. The molecule has 3 rings (SSSR count). The Bertz CT molecular complexity index is 643. The van der Waals surface area contributed by atoms with Gasteiger partial charge in [0.15, 0.2) is 0 Å². The van der Waals surface area contributed by atoms with Crippen molar-refractivity contribution in [2.75, 3.05) is 6.54 Å². The quantitative estimate of drug-likeness (QED) is 0.937. The minimum atomic E-state index is -0.912. The third-order valence-corrected chi connectivity index (χ3v) is 3.92. The summed E-state index contributed by atoms with van der Waals surface area (Å²) >= 11 is 0. The van der Waals surface area contributed by atoms with E-state index >= 15 is 0 Å². The number of likely N-dealkylation sites (tertiary alicyclic amines) is 1. The third kappa shape index (κ3) is 2.77. The molecule has 2 heterocycles. The van der Waals surface area contributed by atoms with Crippen LogP contribution in [0.25, 0.3) is 11.0 Å². The first kappa shape index (κ1) is 13.7. The van der Waals surface area contributed by atoms with E-state index in [2.05, 4.69) is 0 Å². The number of nitrogens with zero attached hydrogens (tertiary/aromatic N) is 1. The molecule has 1 aromatic carbocycles. The van der Waals surface area contributed by atoms with E-state index < -0.39 is 12.0 Å². The fourth-order valence-corrected chi connectivity index (χ4v) is 2.86. The number of hydrogen-bond donors (Lipinski definition) is 1. The lowest BCUT2D eigenvalue weighted by Gasteiger charge is -2.21. The fourth-order valence-electron chi connectivity index (χ4n) is 2.86. The molecule has 5 heteroatoms. The van der Waals surface area contributed by atoms with Gasteiger partial charge in [-0.3, -0.25) is 4.79 Å². The second kappa shape index (κ2) is 5.60. The molecule has 2 aromatic rings. The van der Waals surface area contributed by atoms with Crippen molar-refractivity contribution >= 4 is 22.8 Å². The van der Waals surface area contributed by atoms with Crippen LogP contribution in [0, 0.1) is 0 Å². The number of carboxylic acids is 1. The van der Waals surface area contributed by atoms with E-state index in [1.165, 1.54) is 4.90 Å². The number of fused-ring (bicyclic) bond motifs is 1. The van der Waals surface area contributed by atoms with Crippen LogP contribution in [0.5, 0.6) is 0 Å². The van der Waals surface area contributed by atoms with Crippen molar-refractivity contribution in [3.8, 4) is 0 Å². The van der Waals surface area contributed by atoms with Crippen molar-refractivity contribution in [3.63, 3.8) is 0 Å². The largest absolute Gasteiger partial charge is 0.480 e. The molecule has 110 valence electrons. The number of aryl methyl sites for hydroxylation is 1. The van der Waals surface area contributed by atoms with Gasteiger partial charge in [0.25, 0.3) is 0 Å². The van der Waals surface area contributed by atoms with Crippen molar-refractivity contribution in [3.05, 3.63) is 36.1 Å². The first-order chi connectivity index (χ1) is 10.1. The van der Waals surface area contributed by atoms with E-state index in [4.69, 9.17) is 9.52 Å². The van der Waals surface area contributed by atoms with Gasteiger partial charge in [0.2, 0.25) is 5.91 Å². The highest BCUT2D eigenvalue weighted by Gasteiger charge is 2.33. The van der Waals surface area contributed by atoms with Crippen molar-refractivity contribution < 1.29 is 19.1 Å². The molecule has 1 aromatic heterocycles. The van der Waals surface area contributed by atoms with Crippen molar-refractivity contribution in [1.29, 1.82) is 0 Å². The molecule has 21 heavy (non-hydrogen) atoms. The molecular formula is C16H17NO4. The number of carboxylic acid groups (broad SMARTS) is 1. The van der Waals surface area contributed by atoms with Gasteiger partial charge in [-0.25, -0.2) is 4.79 Å². The summed E-state index contributed by atoms with van der Waals surface area (Å²) < 4.78 is 5.67. The van der Waals surface area contributed by atoms with Gasteiger partial charge in [-0.1, -0.05) is 18.2 Å². The Balaban J connectivity index is 1.64. The van der Waals surface area contributed by atoms with Gasteiger partial charge in [-0.2, -0.15) is 0 Å². The van der Waals surface area contributed by atoms with Crippen LogP contribution >= 0.6 is 0 Å². The second-order valence-electron chi connectivity index (χ2n) is 5.33. The Morgan fingerprint density at radius 2 is 2.14 bits per heavy atom. The summed E-state index contributed by atoms with van der Waals surface area (Å²) in [5, 5.41) is 10.1. The Labute approximate surface area is 122 Å². The SMILES string of the molecule is O=C(O)[C@@H]1CCCN1C(=O)CCc1cc2ccccc2o1. The summed E-state index contributed by atoms with van der Waals surface area (Å²) in [6.45, 7) is 0.538. The Kier molecular flexibility index (Phi) is 3.64. The molecule has 0 unspecified atom stereocenters. The van der Waals surface area contributed by atoms with Gasteiger partial charge in [0, 0.05) is 24.8 Å². The molecule has 1 aliphatic heterocycles. The van der Waals surface area contributed by atoms with Gasteiger partial charge in [0.1, 0.15) is 17.4 Å². The number of benzene rings is 1. The molecule has 0 spiro atoms. The van der Waals surface area contributed by atoms with Crippen LogP contribution in [0.3, 0.4) is 0 Å². The molecule has 1 saturated heterocycles. The maximum Gasteiger partial charge on any atom is 0.326 e. The Morgan fingerprint density at radius 1 is 1.33 bits per heavy atom. The maximum atomic E-state index is 12.2. The number of carbonyl (C=O) groups is 2. The smallest absolute Gasteiger partial charge is 0.326 e. The predicted molar refractivity (Wildman–Crippen MR) is 76.9 cm³/mol. The normalized spacial score (nSPS) is 18.3. The lowest BCUT2D eigenvalue weighted by molar-refractivity contribution is -0.148. The number of hydrogen-bond acceptors (Lipinski definition) is 3. The zero-order chi connectivity index (χ0) is 14.8. The molecule has 1 N–H and O–H groups in total. The number of aliphatic carboxylic acids is 1. The van der Waals surface area contributed by atoms with Gasteiger partial charge in [-0.05, 0) is 25.0 Å². The van der Waals surface area contributed by atoms with E-state index in [-0.39, 0.29) is 12.3 Å². The standard InChI is InChI=1S/C16H17NO4/c18-15(17-9-3-5-13(17)16(19)20)8-7-12-10-11-4-1-2-6-14(11)21-12/h1-2,4,6,10,13H,3,5,7-9H2,(H,19,20)/t13-/m0/s1. The van der Waals surface area contributed by atoms with E-state index in [1.54, 1.807) is 0 Å². The molecule has 5 nitrogen and oxygen atoms in total. The van der Waals surface area contributed by atoms with Crippen LogP contribution in [0.2, 0.25) is 0 Å². The van der Waals surface area contributed by atoms with E-state index in [0.29, 0.717) is 19.4 Å². The summed E-state index contributed by atoms with van der Waals surface area (Å²) in [4.78, 5) is 24.7. The monoisotopic (exact) mass is 287 g/mol. The number of furan rings is 1. The first-order valence-electron chi connectivity index (χ1n) is 7.15. The highest BCUT2D eigenvalue weighted by molar-refractivity contribution is 5.84. The van der Waals surface area contributed by atoms with Crippen molar-refractivity contribution in [1.82, 2.24) is 4.90 Å². The summed E-state index contributed by atoms with van der Waals surface area (Å²) in [6, 6.07) is 8.97. The number of amides is 1. The number of rotatable bonds is 4. The number of para-hydroxylation sites is 1. The van der Waals surface area contributed by atoms with E-state index in [1.807, 2.05) is 30.3 Å². The summed E-state index contributed by atoms with van der Waals surface area (Å²) in [5.41, 5.74) is 0.810. The fraction of sp³-hybridized carbons (Fsp3) is 0.375. The predicted octanol–water partition coefficient (Wildman–Crippen LogP) is 2.44. The second-order valence-corrected chi connectivity index (χ2v) is 5.33. The molecule has 0 radical (unpaired) electrons. The van der Waals surface area contributed by atoms with Crippen LogP contribution in [-0.4, -0.2) is 34.5 Å². The third-order valence-electron chi connectivity index (χ3n) is 3.92. The number of carbonyl (C=O) groups excluding carboxylic acids is 1. The van der Waals surface area contributed by atoms with Gasteiger partial charge in [0.05, 0.1) is 0 Å². The average Bonchev–Trinajstić information content (AvgIpc) is 3.10. The van der Waals surface area contributed by atoms with Crippen molar-refractivity contribution in [2.24, 2.45) is 0 Å². The zero-order valence-corrected chi connectivity index (χ0v) is 11.6. The average molecular weight is 287 g/mol. The Morgan fingerprint density at radius 3 is 2.90 bits per heavy atom. The highest BCUT2D eigenvalue weighted by Crippen LogP contribution is 2.22. The van der Waals surface area contributed by atoms with Gasteiger partial charge < -0.3 is 14.4 Å². The molecule has 0 saturated carbocycles. The summed E-state index contributed by atoms with van der Waals surface area (Å²) in [5.74, 6) is -0.263. The van der Waals surface area contributed by atoms with Crippen LogP contribution in [0.4, 0.5) is 0 Å². The van der Waals surface area contributed by atoms with Crippen LogP contribution in [-0.2, 0) is 16.0 Å². The molecule has 1 fully saturated rings. The minimum Gasteiger partial charge on any atom is -0.480 e. The zero-order valence-electron chi connectivity index (χ0n) is 11.6. The van der Waals surface area contributed by atoms with Gasteiger partial charge in [-0.15, -0.1) is 0 Å². The summed E-state index contributed by atoms with van der Waals surface area (Å²) in [6.07, 6.45) is 2.08. The lowest BCUT2D eigenvalue weighted by Crippen LogP contribution is -2.40. The highest BCUT2D eigenvalue weighted by atomic mass is 16.4. The molecule has 0 aliphatic carbocycles. The molecule has 1 atom stereocenters. The van der Waals surface area contributed by atoms with Crippen LogP contribution in [0.1, 0.15) is 25.0 Å². The van der Waals surface area contributed by atoms with Crippen LogP contribution in [0.15, 0.2) is 34.7 Å².